The zero-order chi connectivity index (χ0) is 25.3. The number of non-ortho nitro benzene ring substituents is 1. The van der Waals surface area contributed by atoms with Gasteiger partial charge in [-0.1, -0.05) is 48.9 Å². The van der Waals surface area contributed by atoms with Crippen molar-refractivity contribution in [1.82, 2.24) is 10.0 Å². The van der Waals surface area contributed by atoms with Crippen molar-refractivity contribution in [3.63, 3.8) is 0 Å². The quantitative estimate of drug-likeness (QED) is 0.197. The molecule has 180 valence electrons. The van der Waals surface area contributed by atoms with Gasteiger partial charge in [-0.3, -0.25) is 29.3 Å². The minimum Gasteiger partial charge on any atom is -0.292 e. The summed E-state index contributed by atoms with van der Waals surface area (Å²) >= 11 is 0. The molecule has 2 aromatic carbocycles. The predicted octanol–water partition coefficient (Wildman–Crippen LogP) is 3.95. The van der Waals surface area contributed by atoms with E-state index in [2.05, 4.69) is 0 Å². The number of ketones is 1. The highest BCUT2D eigenvalue weighted by atomic mass is 16.6. The number of hydrogen-bond donors (Lipinski definition) is 0. The molecule has 9 heteroatoms. The summed E-state index contributed by atoms with van der Waals surface area (Å²) in [5.74, 6) is -3.37. The van der Waals surface area contributed by atoms with Gasteiger partial charge in [0.25, 0.3) is 23.4 Å². The van der Waals surface area contributed by atoms with Crippen molar-refractivity contribution in [2.75, 3.05) is 0 Å². The number of carbonyl (C=O) groups is 4. The molecular weight excluding hydrogens is 450 g/mol. The average Bonchev–Trinajstić information content (AvgIpc) is 3.11. The summed E-state index contributed by atoms with van der Waals surface area (Å²) in [6.45, 7) is 3.59. The van der Waals surface area contributed by atoms with Gasteiger partial charge in [-0.2, -0.15) is 5.01 Å². The van der Waals surface area contributed by atoms with Gasteiger partial charge in [0.15, 0.2) is 5.78 Å². The molecule has 1 aliphatic heterocycles. The van der Waals surface area contributed by atoms with Gasteiger partial charge < -0.3 is 0 Å². The molecule has 1 saturated heterocycles. The fourth-order valence-corrected chi connectivity index (χ4v) is 4.73. The first-order valence-electron chi connectivity index (χ1n) is 11.4. The fourth-order valence-electron chi connectivity index (χ4n) is 4.73. The van der Waals surface area contributed by atoms with E-state index in [1.54, 1.807) is 37.3 Å². The van der Waals surface area contributed by atoms with Crippen LogP contribution in [-0.2, 0) is 9.59 Å². The lowest BCUT2D eigenvalue weighted by atomic mass is 9.82. The van der Waals surface area contributed by atoms with Crippen LogP contribution in [-0.4, -0.2) is 44.5 Å². The number of Topliss-reactive ketones (excluding diaryl/α,β-unsaturated/α-hetero) is 1. The number of nitrogens with zero attached hydrogens (tertiary/aromatic N) is 3. The molecule has 1 fully saturated rings. The molecule has 3 atom stereocenters. The zero-order valence-corrected chi connectivity index (χ0v) is 19.4. The number of benzene rings is 2. The lowest BCUT2D eigenvalue weighted by molar-refractivity contribution is -0.384. The largest absolute Gasteiger partial charge is 0.292 e. The molecule has 9 nitrogen and oxygen atoms in total. The molecule has 1 heterocycles. The first kappa shape index (κ1) is 24.0. The summed E-state index contributed by atoms with van der Waals surface area (Å²) in [7, 11) is 0. The van der Waals surface area contributed by atoms with Crippen molar-refractivity contribution in [1.29, 1.82) is 0 Å². The first-order valence-corrected chi connectivity index (χ1v) is 11.4. The maximum absolute atomic E-state index is 13.8. The van der Waals surface area contributed by atoms with Gasteiger partial charge in [0.1, 0.15) is 6.04 Å². The molecule has 0 unspecified atom stereocenters. The lowest BCUT2D eigenvalue weighted by Gasteiger charge is -2.36. The molecule has 0 bridgehead atoms. The zero-order valence-electron chi connectivity index (χ0n) is 19.4. The summed E-state index contributed by atoms with van der Waals surface area (Å²) in [6, 6.07) is 12.1. The molecule has 4 rings (SSSR count). The van der Waals surface area contributed by atoms with Crippen molar-refractivity contribution in [3.05, 3.63) is 87.5 Å². The van der Waals surface area contributed by atoms with Gasteiger partial charge in [0.2, 0.25) is 0 Å². The monoisotopic (exact) mass is 475 g/mol. The molecule has 1 aliphatic carbocycles. The average molecular weight is 476 g/mol. The highest BCUT2D eigenvalue weighted by Gasteiger charge is 2.53. The van der Waals surface area contributed by atoms with E-state index < -0.39 is 46.3 Å². The number of rotatable bonds is 7. The van der Waals surface area contributed by atoms with Crippen LogP contribution in [0.4, 0.5) is 5.69 Å². The van der Waals surface area contributed by atoms with Gasteiger partial charge in [-0.15, -0.1) is 0 Å². The molecule has 35 heavy (non-hydrogen) atoms. The lowest BCUT2D eigenvalue weighted by Crippen LogP contribution is -2.57. The van der Waals surface area contributed by atoms with E-state index in [4.69, 9.17) is 0 Å². The Bertz CT molecular complexity index is 1220. The van der Waals surface area contributed by atoms with Gasteiger partial charge in [-0.05, 0) is 38.3 Å². The molecule has 2 aliphatic rings. The van der Waals surface area contributed by atoms with Crippen molar-refractivity contribution in [3.8, 4) is 0 Å². The number of nitro groups is 1. The fraction of sp³-hybridized carbons (Fsp3) is 0.308. The summed E-state index contributed by atoms with van der Waals surface area (Å²) in [5, 5.41) is 12.9. The number of imide groups is 1. The number of allylic oxidation sites excluding steroid dienone is 2. The van der Waals surface area contributed by atoms with Crippen molar-refractivity contribution < 1.29 is 24.1 Å². The van der Waals surface area contributed by atoms with Crippen molar-refractivity contribution in [2.24, 2.45) is 11.8 Å². The van der Waals surface area contributed by atoms with Crippen LogP contribution < -0.4 is 0 Å². The SMILES string of the molecule is CC[C@H](C(=O)c1ccccc1)N(C(=O)c1ccc([N+](=O)[O-])cc1)N1C(=O)[C@H]2CC=C(C)C[C@H]2C1=O. The van der Waals surface area contributed by atoms with E-state index in [-0.39, 0.29) is 17.7 Å². The highest BCUT2D eigenvalue weighted by molar-refractivity contribution is 6.10. The molecule has 0 aromatic heterocycles. The van der Waals surface area contributed by atoms with Gasteiger partial charge in [-0.25, -0.2) is 5.01 Å². The van der Waals surface area contributed by atoms with Crippen LogP contribution in [0.5, 0.6) is 0 Å². The smallest absolute Gasteiger partial charge is 0.273 e. The van der Waals surface area contributed by atoms with Crippen LogP contribution >= 0.6 is 0 Å². The maximum atomic E-state index is 13.8. The van der Waals surface area contributed by atoms with Gasteiger partial charge >= 0.3 is 0 Å². The summed E-state index contributed by atoms with van der Waals surface area (Å²) in [4.78, 5) is 64.6. The Hall–Kier alpha value is -4.14. The van der Waals surface area contributed by atoms with Crippen LogP contribution in [0.1, 0.15) is 53.8 Å². The number of carbonyl (C=O) groups excluding carboxylic acids is 4. The third-order valence-corrected chi connectivity index (χ3v) is 6.59. The van der Waals surface area contributed by atoms with E-state index >= 15 is 0 Å². The second-order valence-electron chi connectivity index (χ2n) is 8.80. The van der Waals surface area contributed by atoms with E-state index in [0.29, 0.717) is 18.4 Å². The minimum atomic E-state index is -1.12. The standard InChI is InChI=1S/C26H25N3O6/c1-3-22(23(30)17-7-5-4-6-8-17)27(24(31)18-10-12-19(13-11-18)29(34)35)28-25(32)20-14-9-16(2)15-21(20)26(28)33/h4-13,20-22H,3,14-15H2,1-2H3/t20-,21+,22+/m0/s1. The third-order valence-electron chi connectivity index (χ3n) is 6.59. The molecule has 0 saturated carbocycles. The first-order chi connectivity index (χ1) is 16.7. The number of hydrazine groups is 1. The van der Waals surface area contributed by atoms with Crippen molar-refractivity contribution in [2.45, 2.75) is 39.2 Å². The normalized spacial score (nSPS) is 20.2. The molecule has 0 N–H and O–H groups in total. The Morgan fingerprint density at radius 3 is 2.26 bits per heavy atom. The Balaban J connectivity index is 1.78. The minimum absolute atomic E-state index is 0.0275. The van der Waals surface area contributed by atoms with E-state index in [1.807, 2.05) is 13.0 Å². The number of hydrogen-bond acceptors (Lipinski definition) is 6. The number of amides is 3. The van der Waals surface area contributed by atoms with E-state index in [9.17, 15) is 29.3 Å². The molecule has 2 aromatic rings. The van der Waals surface area contributed by atoms with Gasteiger partial charge in [0.05, 0.1) is 16.8 Å². The summed E-state index contributed by atoms with van der Waals surface area (Å²) in [6.07, 6.45) is 2.87. The molecule has 0 radical (unpaired) electrons. The maximum Gasteiger partial charge on any atom is 0.273 e. The van der Waals surface area contributed by atoms with Crippen LogP contribution in [0, 0.1) is 22.0 Å². The second-order valence-corrected chi connectivity index (χ2v) is 8.80. The van der Waals surface area contributed by atoms with E-state index in [1.165, 1.54) is 24.3 Å². The van der Waals surface area contributed by atoms with Gasteiger partial charge in [0, 0.05) is 23.3 Å². The third kappa shape index (κ3) is 4.37. The Kier molecular flexibility index (Phi) is 6.59. The second kappa shape index (κ2) is 9.61. The Morgan fingerprint density at radius 2 is 1.66 bits per heavy atom. The van der Waals surface area contributed by atoms with Crippen LogP contribution in [0.2, 0.25) is 0 Å². The topological polar surface area (TPSA) is 118 Å². The Labute approximate surface area is 202 Å². The van der Waals surface area contributed by atoms with Crippen LogP contribution in [0.15, 0.2) is 66.2 Å². The predicted molar refractivity (Wildman–Crippen MR) is 126 cm³/mol. The molecule has 3 amide bonds. The highest BCUT2D eigenvalue weighted by Crippen LogP contribution is 2.39. The van der Waals surface area contributed by atoms with E-state index in [0.717, 1.165) is 15.6 Å². The molecular formula is C26H25N3O6. The Morgan fingerprint density at radius 1 is 1.03 bits per heavy atom. The number of fused-ring (bicyclic) bond motifs is 1. The summed E-state index contributed by atoms with van der Waals surface area (Å²) < 4.78 is 0. The van der Waals surface area contributed by atoms with Crippen molar-refractivity contribution >= 4 is 29.2 Å². The van der Waals surface area contributed by atoms with Crippen LogP contribution in [0.3, 0.4) is 0 Å². The number of nitro benzene ring substituents is 1. The molecule has 0 spiro atoms. The summed E-state index contributed by atoms with van der Waals surface area (Å²) in [5.41, 5.74) is 1.16. The van der Waals surface area contributed by atoms with Crippen LogP contribution in [0.25, 0.3) is 0 Å².